The summed E-state index contributed by atoms with van der Waals surface area (Å²) in [6.07, 6.45) is 1.47. The highest BCUT2D eigenvalue weighted by molar-refractivity contribution is 7.92. The Kier molecular flexibility index (Phi) is 10.2. The predicted molar refractivity (Wildman–Crippen MR) is 144 cm³/mol. The predicted octanol–water partition coefficient (Wildman–Crippen LogP) is 4.23. The molecular formula is C26H36ClN3O5S. The van der Waals surface area contributed by atoms with Gasteiger partial charge >= 0.3 is 0 Å². The molecule has 198 valence electrons. The minimum atomic E-state index is -3.57. The molecule has 0 bridgehead atoms. The number of methoxy groups -OCH3 is 1. The zero-order valence-corrected chi connectivity index (χ0v) is 23.3. The summed E-state index contributed by atoms with van der Waals surface area (Å²) in [7, 11) is -2.04. The lowest BCUT2D eigenvalue weighted by atomic mass is 10.1. The molecule has 1 atom stereocenters. The van der Waals surface area contributed by atoms with Crippen molar-refractivity contribution >= 4 is 39.1 Å². The first-order valence-electron chi connectivity index (χ1n) is 11.7. The first-order chi connectivity index (χ1) is 16.7. The zero-order chi connectivity index (χ0) is 27.1. The Morgan fingerprint density at radius 2 is 1.75 bits per heavy atom. The standard InChI is InChI=1S/C26H36ClN3O5S/c1-19(25(32)28-26(2,3)4)29(18-20-9-7-10-21(27)17-20)24(31)11-8-16-30(36(6,33)34)22-12-14-23(35-5)15-13-22/h7,9-10,12-15,17,19H,8,11,16,18H2,1-6H3,(H,28,32)/t19-/m1/s1. The highest BCUT2D eigenvalue weighted by Crippen LogP contribution is 2.22. The van der Waals surface area contributed by atoms with Crippen molar-refractivity contribution in [3.05, 3.63) is 59.1 Å². The molecule has 0 aliphatic carbocycles. The minimum Gasteiger partial charge on any atom is -0.497 e. The number of rotatable bonds is 11. The van der Waals surface area contributed by atoms with E-state index < -0.39 is 21.6 Å². The SMILES string of the molecule is COc1ccc(N(CCCC(=O)N(Cc2cccc(Cl)c2)[C@H](C)C(=O)NC(C)(C)C)S(C)(=O)=O)cc1. The number of nitrogens with one attached hydrogen (secondary N) is 1. The number of ether oxygens (including phenoxy) is 1. The van der Waals surface area contributed by atoms with E-state index in [1.807, 2.05) is 26.8 Å². The average Bonchev–Trinajstić information content (AvgIpc) is 2.78. The van der Waals surface area contributed by atoms with Crippen molar-refractivity contribution < 1.29 is 22.7 Å². The van der Waals surface area contributed by atoms with Crippen molar-refractivity contribution in [2.75, 3.05) is 24.2 Å². The molecule has 8 nitrogen and oxygen atoms in total. The maximum atomic E-state index is 13.3. The van der Waals surface area contributed by atoms with Crippen LogP contribution in [0.25, 0.3) is 0 Å². The van der Waals surface area contributed by atoms with Gasteiger partial charge in [0.1, 0.15) is 11.8 Å². The number of anilines is 1. The molecule has 36 heavy (non-hydrogen) atoms. The quantitative estimate of drug-likeness (QED) is 0.463. The summed E-state index contributed by atoms with van der Waals surface area (Å²) in [5, 5.41) is 3.46. The topological polar surface area (TPSA) is 96.0 Å². The second-order valence-electron chi connectivity index (χ2n) is 9.70. The molecule has 0 aliphatic heterocycles. The van der Waals surface area contributed by atoms with Crippen molar-refractivity contribution in [2.24, 2.45) is 0 Å². The van der Waals surface area contributed by atoms with Gasteiger partial charge in [-0.2, -0.15) is 0 Å². The van der Waals surface area contributed by atoms with Crippen LogP contribution in [0.1, 0.15) is 46.1 Å². The van der Waals surface area contributed by atoms with Gasteiger partial charge in [-0.3, -0.25) is 13.9 Å². The lowest BCUT2D eigenvalue weighted by molar-refractivity contribution is -0.141. The second kappa shape index (κ2) is 12.5. The van der Waals surface area contributed by atoms with Gasteiger partial charge in [0.05, 0.1) is 19.1 Å². The summed E-state index contributed by atoms with van der Waals surface area (Å²) in [4.78, 5) is 27.7. The number of benzene rings is 2. The number of carbonyl (C=O) groups excluding carboxylic acids is 2. The molecule has 10 heteroatoms. The first kappa shape index (κ1) is 29.5. The Morgan fingerprint density at radius 3 is 2.28 bits per heavy atom. The molecule has 0 heterocycles. The van der Waals surface area contributed by atoms with Crippen LogP contribution in [0.15, 0.2) is 48.5 Å². The van der Waals surface area contributed by atoms with Gasteiger partial charge in [-0.15, -0.1) is 0 Å². The summed E-state index contributed by atoms with van der Waals surface area (Å²) in [5.41, 5.74) is 0.825. The Labute approximate surface area is 219 Å². The number of carbonyl (C=O) groups is 2. The zero-order valence-electron chi connectivity index (χ0n) is 21.7. The third-order valence-corrected chi connectivity index (χ3v) is 6.85. The van der Waals surface area contributed by atoms with Gasteiger partial charge in [0.25, 0.3) is 0 Å². The number of hydrogen-bond donors (Lipinski definition) is 1. The van der Waals surface area contributed by atoms with E-state index in [4.69, 9.17) is 16.3 Å². The average molecular weight is 538 g/mol. The molecule has 0 fully saturated rings. The van der Waals surface area contributed by atoms with E-state index in [1.54, 1.807) is 49.4 Å². The van der Waals surface area contributed by atoms with E-state index in [2.05, 4.69) is 5.32 Å². The monoisotopic (exact) mass is 537 g/mol. The summed E-state index contributed by atoms with van der Waals surface area (Å²) >= 11 is 6.12. The third kappa shape index (κ3) is 9.02. The molecule has 2 amide bonds. The van der Waals surface area contributed by atoms with E-state index >= 15 is 0 Å². The van der Waals surface area contributed by atoms with Crippen LogP contribution in [0.2, 0.25) is 5.02 Å². The van der Waals surface area contributed by atoms with E-state index in [1.165, 1.54) is 16.3 Å². The van der Waals surface area contributed by atoms with Gasteiger partial charge in [-0.1, -0.05) is 23.7 Å². The molecule has 0 saturated heterocycles. The third-order valence-electron chi connectivity index (χ3n) is 5.42. The van der Waals surface area contributed by atoms with Crippen LogP contribution in [0.5, 0.6) is 5.75 Å². The van der Waals surface area contributed by atoms with Crippen LogP contribution in [0, 0.1) is 0 Å². The van der Waals surface area contributed by atoms with Crippen molar-refractivity contribution in [1.82, 2.24) is 10.2 Å². The van der Waals surface area contributed by atoms with Gasteiger partial charge < -0.3 is 15.0 Å². The number of halogens is 1. The number of nitrogens with zero attached hydrogens (tertiary/aromatic N) is 2. The first-order valence-corrected chi connectivity index (χ1v) is 13.9. The maximum Gasteiger partial charge on any atom is 0.242 e. The fourth-order valence-electron chi connectivity index (χ4n) is 3.64. The second-order valence-corrected chi connectivity index (χ2v) is 12.0. The van der Waals surface area contributed by atoms with Crippen LogP contribution in [-0.2, 0) is 26.2 Å². The van der Waals surface area contributed by atoms with Gasteiger partial charge in [0, 0.05) is 30.1 Å². The molecule has 0 saturated carbocycles. The fourth-order valence-corrected chi connectivity index (χ4v) is 4.82. The molecule has 1 N–H and O–H groups in total. The van der Waals surface area contributed by atoms with Crippen molar-refractivity contribution in [2.45, 2.75) is 58.7 Å². The van der Waals surface area contributed by atoms with Crippen LogP contribution in [0.4, 0.5) is 5.69 Å². The Bertz CT molecular complexity index is 1150. The molecule has 0 unspecified atom stereocenters. The minimum absolute atomic E-state index is 0.0654. The number of amides is 2. The number of sulfonamides is 1. The highest BCUT2D eigenvalue weighted by atomic mass is 35.5. The number of hydrogen-bond acceptors (Lipinski definition) is 5. The van der Waals surface area contributed by atoms with E-state index in [0.717, 1.165) is 11.8 Å². The summed E-state index contributed by atoms with van der Waals surface area (Å²) in [6, 6.07) is 13.1. The lowest BCUT2D eigenvalue weighted by Gasteiger charge is -2.32. The molecule has 2 aromatic rings. The van der Waals surface area contributed by atoms with Crippen LogP contribution < -0.4 is 14.4 Å². The van der Waals surface area contributed by atoms with Crippen LogP contribution in [-0.4, -0.2) is 56.6 Å². The van der Waals surface area contributed by atoms with Crippen molar-refractivity contribution in [3.63, 3.8) is 0 Å². The normalized spacial score (nSPS) is 12.5. The summed E-state index contributed by atoms with van der Waals surface area (Å²) in [5.74, 6) is 0.0881. The summed E-state index contributed by atoms with van der Waals surface area (Å²) < 4.78 is 31.3. The highest BCUT2D eigenvalue weighted by Gasteiger charge is 2.28. The molecular weight excluding hydrogens is 502 g/mol. The van der Waals surface area contributed by atoms with Crippen LogP contribution >= 0.6 is 11.6 Å². The molecule has 0 aromatic heterocycles. The molecule has 2 aromatic carbocycles. The van der Waals surface area contributed by atoms with Gasteiger partial charge in [-0.05, 0) is 76.1 Å². The maximum absolute atomic E-state index is 13.3. The van der Waals surface area contributed by atoms with E-state index in [-0.39, 0.29) is 37.7 Å². The van der Waals surface area contributed by atoms with Crippen molar-refractivity contribution in [3.8, 4) is 5.75 Å². The Hall–Kier alpha value is -2.78. The Balaban J connectivity index is 2.18. The fraction of sp³-hybridized carbons (Fsp3) is 0.462. The molecule has 0 spiro atoms. The lowest BCUT2D eigenvalue weighted by Crippen LogP contribution is -2.52. The van der Waals surface area contributed by atoms with Gasteiger partial charge in [0.2, 0.25) is 21.8 Å². The molecule has 0 aliphatic rings. The van der Waals surface area contributed by atoms with E-state index in [9.17, 15) is 18.0 Å². The molecule has 2 rings (SSSR count). The van der Waals surface area contributed by atoms with Crippen LogP contribution in [0.3, 0.4) is 0 Å². The smallest absolute Gasteiger partial charge is 0.242 e. The summed E-state index contributed by atoms with van der Waals surface area (Å²) in [6.45, 7) is 7.62. The van der Waals surface area contributed by atoms with E-state index in [0.29, 0.717) is 16.5 Å². The molecule has 0 radical (unpaired) electrons. The van der Waals surface area contributed by atoms with Gasteiger partial charge in [-0.25, -0.2) is 8.42 Å². The largest absolute Gasteiger partial charge is 0.497 e. The van der Waals surface area contributed by atoms with Gasteiger partial charge in [0.15, 0.2) is 0 Å². The Morgan fingerprint density at radius 1 is 1.11 bits per heavy atom. The van der Waals surface area contributed by atoms with Crippen molar-refractivity contribution in [1.29, 1.82) is 0 Å².